The van der Waals surface area contributed by atoms with Gasteiger partial charge in [0.05, 0.1) is 5.69 Å². The van der Waals surface area contributed by atoms with Crippen LogP contribution in [-0.2, 0) is 4.74 Å². The molecule has 1 amide bonds. The molecule has 2 rings (SSSR count). The van der Waals surface area contributed by atoms with Crippen LogP contribution in [-0.4, -0.2) is 23.5 Å². The summed E-state index contributed by atoms with van der Waals surface area (Å²) in [4.78, 5) is 15.5. The first-order valence-electron chi connectivity index (χ1n) is 5.31. The smallest absolute Gasteiger partial charge is 0.412 e. The predicted octanol–water partition coefficient (Wildman–Crippen LogP) is 2.81. The molecule has 0 aliphatic carbocycles. The Morgan fingerprint density at radius 2 is 2.22 bits per heavy atom. The van der Waals surface area contributed by atoms with Crippen molar-refractivity contribution in [1.29, 1.82) is 0 Å². The number of fused-ring (bicyclic) bond motifs is 1. The number of pyridine rings is 1. The number of aromatic nitrogens is 1. The van der Waals surface area contributed by atoms with E-state index >= 15 is 0 Å². The summed E-state index contributed by atoms with van der Waals surface area (Å²) in [6.45, 7) is 5.40. The van der Waals surface area contributed by atoms with Gasteiger partial charge in [0, 0.05) is 6.07 Å². The van der Waals surface area contributed by atoms with Crippen LogP contribution in [0.1, 0.15) is 20.8 Å². The number of rotatable bonds is 1. The SMILES string of the molecule is CC(C)(C)OC(=O)Nc1cc2c(nc1Cl)OCO2. The van der Waals surface area contributed by atoms with Gasteiger partial charge in [-0.05, 0) is 20.8 Å². The monoisotopic (exact) mass is 272 g/mol. The highest BCUT2D eigenvalue weighted by atomic mass is 35.5. The Hall–Kier alpha value is -1.69. The molecule has 0 fully saturated rings. The summed E-state index contributed by atoms with van der Waals surface area (Å²) in [6.07, 6.45) is -0.606. The zero-order valence-corrected chi connectivity index (χ0v) is 11.0. The first-order valence-corrected chi connectivity index (χ1v) is 5.69. The van der Waals surface area contributed by atoms with Crippen molar-refractivity contribution in [2.45, 2.75) is 26.4 Å². The van der Waals surface area contributed by atoms with Crippen LogP contribution in [0.15, 0.2) is 6.07 Å². The topological polar surface area (TPSA) is 69.7 Å². The quantitative estimate of drug-likeness (QED) is 0.796. The molecule has 18 heavy (non-hydrogen) atoms. The summed E-state index contributed by atoms with van der Waals surface area (Å²) in [5.74, 6) is 0.750. The fraction of sp³-hybridized carbons (Fsp3) is 0.455. The molecule has 0 aromatic carbocycles. The van der Waals surface area contributed by atoms with Gasteiger partial charge < -0.3 is 14.2 Å². The normalized spacial score (nSPS) is 13.3. The lowest BCUT2D eigenvalue weighted by molar-refractivity contribution is 0.0636. The molecule has 98 valence electrons. The number of nitrogens with one attached hydrogen (secondary N) is 1. The number of nitrogens with zero attached hydrogens (tertiary/aromatic N) is 1. The van der Waals surface area contributed by atoms with E-state index in [9.17, 15) is 4.79 Å². The lowest BCUT2D eigenvalue weighted by Crippen LogP contribution is -2.27. The Labute approximate surface area is 109 Å². The van der Waals surface area contributed by atoms with Crippen LogP contribution in [0.3, 0.4) is 0 Å². The molecule has 1 aromatic rings. The maximum absolute atomic E-state index is 11.6. The molecule has 0 unspecified atom stereocenters. The standard InChI is InChI=1S/C11H13ClN2O4/c1-11(2,3)18-10(15)13-6-4-7-9(14-8(6)12)17-5-16-7/h4H,5H2,1-3H3,(H,13,15). The van der Waals surface area contributed by atoms with Gasteiger partial charge in [-0.2, -0.15) is 4.98 Å². The average molecular weight is 273 g/mol. The Kier molecular flexibility index (Phi) is 3.21. The molecule has 0 saturated carbocycles. The molecule has 6 nitrogen and oxygen atoms in total. The lowest BCUT2D eigenvalue weighted by Gasteiger charge is -2.19. The third-order valence-corrected chi connectivity index (χ3v) is 2.24. The highest BCUT2D eigenvalue weighted by Crippen LogP contribution is 2.36. The molecule has 0 radical (unpaired) electrons. The van der Waals surface area contributed by atoms with Gasteiger partial charge in [-0.3, -0.25) is 5.32 Å². The van der Waals surface area contributed by atoms with Crippen LogP contribution in [0.4, 0.5) is 10.5 Å². The summed E-state index contributed by atoms with van der Waals surface area (Å²) >= 11 is 5.91. The predicted molar refractivity (Wildman–Crippen MR) is 65.2 cm³/mol. The Balaban J connectivity index is 2.12. The largest absolute Gasteiger partial charge is 0.452 e. The summed E-state index contributed by atoms with van der Waals surface area (Å²) < 4.78 is 15.3. The van der Waals surface area contributed by atoms with E-state index in [1.165, 1.54) is 0 Å². The number of hydrogen-bond acceptors (Lipinski definition) is 5. The van der Waals surface area contributed by atoms with Crippen molar-refractivity contribution in [3.8, 4) is 11.6 Å². The van der Waals surface area contributed by atoms with Gasteiger partial charge in [-0.1, -0.05) is 11.6 Å². The van der Waals surface area contributed by atoms with Crippen molar-refractivity contribution >= 4 is 23.4 Å². The number of halogens is 1. The molecule has 1 aliphatic heterocycles. The molecule has 7 heteroatoms. The summed E-state index contributed by atoms with van der Waals surface area (Å²) in [7, 11) is 0. The lowest BCUT2D eigenvalue weighted by atomic mass is 10.2. The Bertz CT molecular complexity index is 485. The van der Waals surface area contributed by atoms with Crippen molar-refractivity contribution in [3.05, 3.63) is 11.2 Å². The van der Waals surface area contributed by atoms with E-state index < -0.39 is 11.7 Å². The molecule has 0 bridgehead atoms. The number of hydrogen-bond donors (Lipinski definition) is 1. The van der Waals surface area contributed by atoms with Crippen LogP contribution in [0.25, 0.3) is 0 Å². The van der Waals surface area contributed by atoms with E-state index in [4.69, 9.17) is 25.8 Å². The number of amides is 1. The third-order valence-electron chi connectivity index (χ3n) is 1.95. The molecule has 0 saturated heterocycles. The van der Waals surface area contributed by atoms with Gasteiger partial charge in [0.2, 0.25) is 6.79 Å². The second kappa shape index (κ2) is 4.53. The molecule has 0 atom stereocenters. The first kappa shape index (κ1) is 12.8. The molecule has 1 aliphatic rings. The van der Waals surface area contributed by atoms with Crippen molar-refractivity contribution in [2.24, 2.45) is 0 Å². The minimum absolute atomic E-state index is 0.0918. The average Bonchev–Trinajstić information content (AvgIpc) is 2.62. The van der Waals surface area contributed by atoms with E-state index in [0.29, 0.717) is 17.3 Å². The molecule has 2 heterocycles. The van der Waals surface area contributed by atoms with E-state index in [2.05, 4.69) is 10.3 Å². The van der Waals surface area contributed by atoms with Crippen LogP contribution in [0, 0.1) is 0 Å². The van der Waals surface area contributed by atoms with Gasteiger partial charge in [0.15, 0.2) is 10.9 Å². The van der Waals surface area contributed by atoms with E-state index in [1.807, 2.05) is 0 Å². The number of carbonyl (C=O) groups is 1. The van der Waals surface area contributed by atoms with Crippen molar-refractivity contribution in [3.63, 3.8) is 0 Å². The molecule has 0 spiro atoms. The maximum atomic E-state index is 11.6. The number of ether oxygens (including phenoxy) is 3. The summed E-state index contributed by atoms with van der Waals surface area (Å²) in [5, 5.41) is 2.62. The number of carbonyl (C=O) groups excluding carboxylic acids is 1. The van der Waals surface area contributed by atoms with Gasteiger partial charge in [-0.25, -0.2) is 4.79 Å². The van der Waals surface area contributed by atoms with Gasteiger partial charge in [0.25, 0.3) is 5.88 Å². The Morgan fingerprint density at radius 3 is 2.89 bits per heavy atom. The van der Waals surface area contributed by atoms with Gasteiger partial charge >= 0.3 is 6.09 Å². The van der Waals surface area contributed by atoms with Crippen LogP contribution in [0.5, 0.6) is 11.6 Å². The minimum atomic E-state index is -0.606. The van der Waals surface area contributed by atoms with Crippen molar-refractivity contribution in [2.75, 3.05) is 12.1 Å². The van der Waals surface area contributed by atoms with E-state index in [-0.39, 0.29) is 11.9 Å². The van der Waals surface area contributed by atoms with Gasteiger partial charge in [-0.15, -0.1) is 0 Å². The maximum Gasteiger partial charge on any atom is 0.412 e. The molecule has 1 N–H and O–H groups in total. The van der Waals surface area contributed by atoms with Crippen LogP contribution >= 0.6 is 11.6 Å². The van der Waals surface area contributed by atoms with Crippen molar-refractivity contribution in [1.82, 2.24) is 4.98 Å². The second-order valence-corrected chi connectivity index (χ2v) is 5.02. The van der Waals surface area contributed by atoms with E-state index in [1.54, 1.807) is 26.8 Å². The Morgan fingerprint density at radius 1 is 1.50 bits per heavy atom. The molecular weight excluding hydrogens is 260 g/mol. The van der Waals surface area contributed by atoms with Gasteiger partial charge in [0.1, 0.15) is 5.60 Å². The summed E-state index contributed by atoms with van der Waals surface area (Å²) in [5.41, 5.74) is -0.268. The summed E-state index contributed by atoms with van der Waals surface area (Å²) in [6, 6.07) is 1.54. The first-order chi connectivity index (χ1) is 8.35. The molecule has 1 aromatic heterocycles. The highest BCUT2D eigenvalue weighted by molar-refractivity contribution is 6.32. The second-order valence-electron chi connectivity index (χ2n) is 4.66. The zero-order valence-electron chi connectivity index (χ0n) is 10.2. The van der Waals surface area contributed by atoms with Crippen molar-refractivity contribution < 1.29 is 19.0 Å². The number of anilines is 1. The fourth-order valence-corrected chi connectivity index (χ4v) is 1.49. The minimum Gasteiger partial charge on any atom is -0.452 e. The zero-order chi connectivity index (χ0) is 13.3. The van der Waals surface area contributed by atoms with Crippen LogP contribution in [0.2, 0.25) is 5.15 Å². The molecular formula is C11H13ClN2O4. The fourth-order valence-electron chi connectivity index (χ4n) is 1.31. The van der Waals surface area contributed by atoms with Crippen LogP contribution < -0.4 is 14.8 Å². The third kappa shape index (κ3) is 2.95. The van der Waals surface area contributed by atoms with E-state index in [0.717, 1.165) is 0 Å². The highest BCUT2D eigenvalue weighted by Gasteiger charge is 2.21.